The molecule has 17 heavy (non-hydrogen) atoms. The second kappa shape index (κ2) is 4.62. The van der Waals surface area contributed by atoms with Crippen LogP contribution in [0.4, 0.5) is 5.82 Å². The van der Waals surface area contributed by atoms with Crippen molar-refractivity contribution in [1.82, 2.24) is 10.1 Å². The Hall–Kier alpha value is -1.14. The van der Waals surface area contributed by atoms with Gasteiger partial charge in [0.2, 0.25) is 5.91 Å². The molecule has 7 heteroatoms. The van der Waals surface area contributed by atoms with Crippen LogP contribution in [-0.4, -0.2) is 21.4 Å². The zero-order valence-electron chi connectivity index (χ0n) is 9.17. The Labute approximate surface area is 111 Å². The lowest BCUT2D eigenvalue weighted by molar-refractivity contribution is -0.113. The highest BCUT2D eigenvalue weighted by Crippen LogP contribution is 2.31. The zero-order chi connectivity index (χ0) is 12.6. The van der Waals surface area contributed by atoms with E-state index < -0.39 is 0 Å². The highest BCUT2D eigenvalue weighted by Gasteiger charge is 2.17. The lowest BCUT2D eigenvalue weighted by Crippen LogP contribution is -2.12. The summed E-state index contributed by atoms with van der Waals surface area (Å²) in [6, 6.07) is 0. The van der Waals surface area contributed by atoms with Gasteiger partial charge in [-0.15, -0.1) is 0 Å². The Morgan fingerprint density at radius 1 is 1.53 bits per heavy atom. The number of amides is 1. The van der Waals surface area contributed by atoms with Gasteiger partial charge in [0, 0.05) is 0 Å². The molecule has 0 aliphatic rings. The Balaban J connectivity index is 2.60. The fourth-order valence-corrected chi connectivity index (χ4v) is 1.81. The van der Waals surface area contributed by atoms with Gasteiger partial charge in [-0.2, -0.15) is 0 Å². The lowest BCUT2D eigenvalue weighted by atomic mass is 10.2. The number of pyridine rings is 1. The van der Waals surface area contributed by atoms with Crippen LogP contribution in [0.15, 0.2) is 4.52 Å². The van der Waals surface area contributed by atoms with Crippen LogP contribution in [0.3, 0.4) is 0 Å². The van der Waals surface area contributed by atoms with Crippen LogP contribution in [0, 0.1) is 13.8 Å². The minimum atomic E-state index is -0.212. The summed E-state index contributed by atoms with van der Waals surface area (Å²) < 4.78 is 5.06. The predicted molar refractivity (Wildman–Crippen MR) is 68.7 cm³/mol. The van der Waals surface area contributed by atoms with Gasteiger partial charge in [-0.05, 0) is 19.4 Å². The summed E-state index contributed by atoms with van der Waals surface area (Å²) in [5.74, 6) is 0.132. The van der Waals surface area contributed by atoms with Crippen LogP contribution in [0.25, 0.3) is 11.1 Å². The molecule has 0 spiro atoms. The predicted octanol–water partition coefficient (Wildman–Crippen LogP) is 2.83. The lowest BCUT2D eigenvalue weighted by Gasteiger charge is -2.03. The van der Waals surface area contributed by atoms with Crippen LogP contribution < -0.4 is 5.32 Å². The first-order valence-electron chi connectivity index (χ1n) is 4.82. The van der Waals surface area contributed by atoms with Gasteiger partial charge in [-0.25, -0.2) is 4.98 Å². The maximum atomic E-state index is 11.3. The van der Waals surface area contributed by atoms with E-state index in [4.69, 9.17) is 16.1 Å². The summed E-state index contributed by atoms with van der Waals surface area (Å²) in [7, 11) is 0. The Kier molecular flexibility index (Phi) is 3.35. The highest BCUT2D eigenvalue weighted by molar-refractivity contribution is 9.09. The molecular weight excluding hydrogens is 309 g/mol. The number of halogens is 2. The van der Waals surface area contributed by atoms with Crippen molar-refractivity contribution in [3.05, 3.63) is 16.3 Å². The number of aromatic nitrogens is 2. The number of nitrogens with zero attached hydrogens (tertiary/aromatic N) is 2. The molecule has 2 aromatic rings. The number of alkyl halides is 1. The number of hydrogen-bond donors (Lipinski definition) is 1. The van der Waals surface area contributed by atoms with Crippen molar-refractivity contribution in [1.29, 1.82) is 0 Å². The summed E-state index contributed by atoms with van der Waals surface area (Å²) in [6.07, 6.45) is 0. The molecule has 0 fully saturated rings. The molecular formula is C10H9BrClN3O2. The van der Waals surface area contributed by atoms with Crippen molar-refractivity contribution < 1.29 is 9.32 Å². The molecule has 0 aliphatic carbocycles. The molecule has 0 aromatic carbocycles. The molecule has 0 atom stereocenters. The molecule has 2 rings (SSSR count). The molecule has 0 saturated heterocycles. The molecule has 5 nitrogen and oxygen atoms in total. The van der Waals surface area contributed by atoms with Gasteiger partial charge in [-0.1, -0.05) is 32.7 Å². The van der Waals surface area contributed by atoms with Crippen molar-refractivity contribution in [3.63, 3.8) is 0 Å². The third-order valence-electron chi connectivity index (χ3n) is 2.34. The molecule has 1 N–H and O–H groups in total. The molecule has 1 amide bonds. The quantitative estimate of drug-likeness (QED) is 0.865. The van der Waals surface area contributed by atoms with Crippen LogP contribution in [0.2, 0.25) is 5.02 Å². The van der Waals surface area contributed by atoms with E-state index >= 15 is 0 Å². The van der Waals surface area contributed by atoms with E-state index in [9.17, 15) is 4.79 Å². The smallest absolute Gasteiger partial charge is 0.260 e. The molecule has 2 aromatic heterocycles. The van der Waals surface area contributed by atoms with Gasteiger partial charge in [-0.3, -0.25) is 4.79 Å². The van der Waals surface area contributed by atoms with Gasteiger partial charge >= 0.3 is 0 Å². The number of rotatable bonds is 2. The van der Waals surface area contributed by atoms with Crippen LogP contribution >= 0.6 is 27.5 Å². The number of nitrogens with one attached hydrogen (secondary N) is 1. The molecule has 0 bridgehead atoms. The second-order valence-corrected chi connectivity index (χ2v) is 4.47. The zero-order valence-corrected chi connectivity index (χ0v) is 11.5. The number of carbonyl (C=O) groups excluding carboxylic acids is 1. The summed E-state index contributed by atoms with van der Waals surface area (Å²) in [4.78, 5) is 15.5. The third kappa shape index (κ3) is 2.14. The van der Waals surface area contributed by atoms with E-state index in [0.29, 0.717) is 27.6 Å². The first-order chi connectivity index (χ1) is 8.04. The Morgan fingerprint density at radius 2 is 2.24 bits per heavy atom. The van der Waals surface area contributed by atoms with Crippen molar-refractivity contribution >= 4 is 50.4 Å². The average Bonchev–Trinajstić information content (AvgIpc) is 2.69. The van der Waals surface area contributed by atoms with Crippen LogP contribution in [-0.2, 0) is 4.79 Å². The fraction of sp³-hybridized carbons (Fsp3) is 0.300. The highest BCUT2D eigenvalue weighted by atomic mass is 79.9. The van der Waals surface area contributed by atoms with Crippen molar-refractivity contribution in [2.75, 3.05) is 10.6 Å². The standard InChI is InChI=1S/C10H9BrClN3O2/c1-4-7-9(14-6(16)3-11)15-17-10(7)13-5(2)8(4)12/h3H2,1-2H3,(H,14,15,16). The van der Waals surface area contributed by atoms with Gasteiger partial charge in [0.1, 0.15) is 0 Å². The molecule has 0 aliphatic heterocycles. The van der Waals surface area contributed by atoms with E-state index in [2.05, 4.69) is 31.4 Å². The SMILES string of the molecule is Cc1nc2onc(NC(=O)CBr)c2c(C)c1Cl. The van der Waals surface area contributed by atoms with Crippen LogP contribution in [0.5, 0.6) is 0 Å². The largest absolute Gasteiger partial charge is 0.334 e. The first-order valence-corrected chi connectivity index (χ1v) is 6.32. The van der Waals surface area contributed by atoms with E-state index in [1.54, 1.807) is 6.92 Å². The summed E-state index contributed by atoms with van der Waals surface area (Å²) in [5.41, 5.74) is 1.83. The Morgan fingerprint density at radius 3 is 2.88 bits per heavy atom. The fourth-order valence-electron chi connectivity index (χ4n) is 1.53. The molecule has 0 radical (unpaired) electrons. The van der Waals surface area contributed by atoms with Gasteiger partial charge < -0.3 is 9.84 Å². The number of carbonyl (C=O) groups is 1. The third-order valence-corrected chi connectivity index (χ3v) is 3.41. The van der Waals surface area contributed by atoms with Crippen molar-refractivity contribution in [2.45, 2.75) is 13.8 Å². The molecule has 0 saturated carbocycles. The molecule has 2 heterocycles. The topological polar surface area (TPSA) is 68.0 Å². The van der Waals surface area contributed by atoms with E-state index in [1.165, 1.54) is 0 Å². The van der Waals surface area contributed by atoms with Crippen molar-refractivity contribution in [2.24, 2.45) is 0 Å². The minimum Gasteiger partial charge on any atom is -0.334 e. The van der Waals surface area contributed by atoms with E-state index in [-0.39, 0.29) is 11.2 Å². The number of aryl methyl sites for hydroxylation is 2. The maximum absolute atomic E-state index is 11.3. The second-order valence-electron chi connectivity index (χ2n) is 3.53. The van der Waals surface area contributed by atoms with Gasteiger partial charge in [0.05, 0.1) is 21.4 Å². The minimum absolute atomic E-state index is 0.188. The van der Waals surface area contributed by atoms with E-state index in [1.807, 2.05) is 6.92 Å². The van der Waals surface area contributed by atoms with Gasteiger partial charge in [0.25, 0.3) is 5.71 Å². The monoisotopic (exact) mass is 317 g/mol. The normalized spacial score (nSPS) is 10.8. The summed E-state index contributed by atoms with van der Waals surface area (Å²) in [6.45, 7) is 3.62. The van der Waals surface area contributed by atoms with Gasteiger partial charge in [0.15, 0.2) is 5.82 Å². The number of hydrogen-bond acceptors (Lipinski definition) is 4. The Bertz CT molecular complexity index is 597. The number of anilines is 1. The van der Waals surface area contributed by atoms with Crippen LogP contribution in [0.1, 0.15) is 11.3 Å². The molecule has 0 unspecified atom stereocenters. The average molecular weight is 319 g/mol. The summed E-state index contributed by atoms with van der Waals surface area (Å²) in [5, 5.41) is 7.76. The van der Waals surface area contributed by atoms with Crippen molar-refractivity contribution in [3.8, 4) is 0 Å². The number of fused-ring (bicyclic) bond motifs is 1. The maximum Gasteiger partial charge on any atom is 0.260 e. The first kappa shape index (κ1) is 12.3. The molecule has 90 valence electrons. The summed E-state index contributed by atoms with van der Waals surface area (Å²) >= 11 is 9.16. The van der Waals surface area contributed by atoms with E-state index in [0.717, 1.165) is 5.56 Å².